The van der Waals surface area contributed by atoms with Gasteiger partial charge in [-0.1, -0.05) is 0 Å². The van der Waals surface area contributed by atoms with E-state index in [1.807, 2.05) is 60.6 Å². The third kappa shape index (κ3) is 6.56. The third-order valence-electron chi connectivity index (χ3n) is 7.47. The first kappa shape index (κ1) is 29.9. The molecule has 5 heterocycles. The summed E-state index contributed by atoms with van der Waals surface area (Å²) < 4.78 is 23.5. The molecule has 0 aliphatic carbocycles. The predicted octanol–water partition coefficient (Wildman–Crippen LogP) is 5.95. The number of likely N-dealkylation sites (tertiary alicyclic amines) is 1. The minimum Gasteiger partial charge on any atom is -0.482 e. The van der Waals surface area contributed by atoms with Gasteiger partial charge in [0, 0.05) is 49.7 Å². The van der Waals surface area contributed by atoms with Gasteiger partial charge in [-0.2, -0.15) is 0 Å². The normalized spacial score (nSPS) is 19.8. The van der Waals surface area contributed by atoms with Gasteiger partial charge in [-0.05, 0) is 73.4 Å². The number of amides is 2. The van der Waals surface area contributed by atoms with Gasteiger partial charge in [0.15, 0.2) is 11.6 Å². The molecule has 2 saturated heterocycles. The van der Waals surface area contributed by atoms with Gasteiger partial charge in [-0.25, -0.2) is 19.5 Å². The minimum absolute atomic E-state index is 0.0993. The average molecular weight is 582 g/mol. The lowest BCUT2D eigenvalue weighted by Gasteiger charge is -2.34. The fourth-order valence-corrected chi connectivity index (χ4v) is 5.58. The van der Waals surface area contributed by atoms with Crippen LogP contribution in [0.5, 0.6) is 5.75 Å². The van der Waals surface area contributed by atoms with Gasteiger partial charge in [0.05, 0.1) is 30.7 Å². The van der Waals surface area contributed by atoms with Crippen molar-refractivity contribution in [3.63, 3.8) is 0 Å². The highest BCUT2D eigenvalue weighted by molar-refractivity contribution is 5.99. The molecule has 0 spiro atoms. The second-order valence-electron chi connectivity index (χ2n) is 13.1. The molecule has 0 N–H and O–H groups in total. The fraction of sp³-hybridized carbons (Fsp3) is 0.613. The summed E-state index contributed by atoms with van der Waals surface area (Å²) in [6, 6.07) is 3.88. The van der Waals surface area contributed by atoms with Gasteiger partial charge in [0.1, 0.15) is 17.3 Å². The molecule has 228 valence electrons. The number of anilines is 3. The van der Waals surface area contributed by atoms with Gasteiger partial charge in [0.25, 0.3) is 0 Å². The van der Waals surface area contributed by atoms with Gasteiger partial charge in [-0.3, -0.25) is 4.98 Å². The molecule has 3 aliphatic heterocycles. The zero-order valence-corrected chi connectivity index (χ0v) is 25.8. The van der Waals surface area contributed by atoms with Gasteiger partial charge in [-0.15, -0.1) is 0 Å². The van der Waals surface area contributed by atoms with Crippen molar-refractivity contribution in [1.29, 1.82) is 0 Å². The minimum atomic E-state index is -0.720. The van der Waals surface area contributed by atoms with Crippen molar-refractivity contribution in [2.45, 2.75) is 84.5 Å². The van der Waals surface area contributed by atoms with Crippen LogP contribution in [-0.4, -0.2) is 77.6 Å². The Morgan fingerprint density at radius 1 is 0.905 bits per heavy atom. The lowest BCUT2D eigenvalue weighted by atomic mass is 9.93. The molecule has 2 amide bonds. The van der Waals surface area contributed by atoms with E-state index in [2.05, 4.69) is 4.90 Å². The second-order valence-corrected chi connectivity index (χ2v) is 13.1. The highest BCUT2D eigenvalue weighted by atomic mass is 16.6. The summed E-state index contributed by atoms with van der Waals surface area (Å²) in [4.78, 5) is 41.5. The highest BCUT2D eigenvalue weighted by Crippen LogP contribution is 2.47. The van der Waals surface area contributed by atoms with E-state index in [4.69, 9.17) is 28.9 Å². The molecular formula is C31H43N5O6. The number of hydrogen-bond acceptors (Lipinski definition) is 9. The van der Waals surface area contributed by atoms with Crippen LogP contribution >= 0.6 is 0 Å². The second kappa shape index (κ2) is 11.6. The zero-order valence-electron chi connectivity index (χ0n) is 25.8. The molecule has 11 nitrogen and oxygen atoms in total. The Kier molecular flexibility index (Phi) is 8.24. The molecule has 0 saturated carbocycles. The number of nitrogens with zero attached hydrogens (tertiary/aromatic N) is 5. The van der Waals surface area contributed by atoms with Crippen molar-refractivity contribution in [2.75, 3.05) is 49.2 Å². The lowest BCUT2D eigenvalue weighted by Crippen LogP contribution is -2.41. The largest absolute Gasteiger partial charge is 0.482 e. The van der Waals surface area contributed by atoms with E-state index in [0.717, 1.165) is 42.9 Å². The summed E-state index contributed by atoms with van der Waals surface area (Å²) in [5.41, 5.74) is 1.88. The van der Waals surface area contributed by atoms with E-state index in [9.17, 15) is 9.59 Å². The molecule has 0 radical (unpaired) electrons. The Bertz CT molecular complexity index is 1310. The summed E-state index contributed by atoms with van der Waals surface area (Å²) in [5, 5.41) is 0. The fourth-order valence-electron chi connectivity index (χ4n) is 5.58. The van der Waals surface area contributed by atoms with Crippen molar-refractivity contribution in [3.05, 3.63) is 35.8 Å². The Balaban J connectivity index is 1.50. The van der Waals surface area contributed by atoms with Crippen molar-refractivity contribution in [1.82, 2.24) is 14.9 Å². The van der Waals surface area contributed by atoms with E-state index in [1.54, 1.807) is 17.3 Å². The van der Waals surface area contributed by atoms with Crippen molar-refractivity contribution < 1.29 is 28.5 Å². The maximum atomic E-state index is 13.9. The van der Waals surface area contributed by atoms with Crippen molar-refractivity contribution in [3.8, 4) is 5.75 Å². The Hall–Kier alpha value is -3.60. The molecule has 11 heteroatoms. The van der Waals surface area contributed by atoms with E-state index in [1.165, 1.54) is 4.90 Å². The molecule has 5 rings (SSSR count). The Labute approximate surface area is 248 Å². The lowest BCUT2D eigenvalue weighted by molar-refractivity contribution is 0.0203. The maximum absolute atomic E-state index is 13.9. The SMILES string of the molecule is CC1Oc2cnc(C3CCN(C(=O)OC(C)(C)C)CC3)cc2N(C(=O)OC(C)(C)C)c2nccc(N3CCOCC3)c21. The summed E-state index contributed by atoms with van der Waals surface area (Å²) in [7, 11) is 0. The van der Waals surface area contributed by atoms with Crippen LogP contribution in [0.1, 0.15) is 84.6 Å². The molecule has 1 atom stereocenters. The first-order chi connectivity index (χ1) is 19.8. The quantitative estimate of drug-likeness (QED) is 0.425. The number of hydrogen-bond donors (Lipinski definition) is 0. The first-order valence-corrected chi connectivity index (χ1v) is 14.8. The first-order valence-electron chi connectivity index (χ1n) is 14.8. The predicted molar refractivity (Wildman–Crippen MR) is 159 cm³/mol. The number of carbonyl (C=O) groups excluding carboxylic acids is 2. The number of morpholine rings is 1. The number of fused-ring (bicyclic) bond motifs is 2. The van der Waals surface area contributed by atoms with Crippen LogP contribution in [0.2, 0.25) is 0 Å². The van der Waals surface area contributed by atoms with E-state index in [0.29, 0.717) is 43.6 Å². The van der Waals surface area contributed by atoms with Crippen LogP contribution in [-0.2, 0) is 14.2 Å². The van der Waals surface area contributed by atoms with Crippen LogP contribution < -0.4 is 14.5 Å². The smallest absolute Gasteiger partial charge is 0.420 e. The standard InChI is InChI=1S/C31H43N5O6/c1-20-26-23(34-14-16-39-17-15-34)8-11-32-27(26)36(29(38)42-31(5,6)7)24-18-22(33-19-25(24)40-20)21-9-12-35(13-10-21)28(37)41-30(2,3)4/h8,11,18-21H,9-10,12-17H2,1-7H3. The molecule has 2 fully saturated rings. The van der Waals surface area contributed by atoms with E-state index < -0.39 is 23.4 Å². The van der Waals surface area contributed by atoms with Crippen LogP contribution in [0, 0.1) is 0 Å². The molecule has 2 aromatic heterocycles. The number of carbonyl (C=O) groups is 2. The van der Waals surface area contributed by atoms with Gasteiger partial charge >= 0.3 is 12.2 Å². The van der Waals surface area contributed by atoms with Crippen LogP contribution in [0.3, 0.4) is 0 Å². The molecular weight excluding hydrogens is 538 g/mol. The summed E-state index contributed by atoms with van der Waals surface area (Å²) in [6.07, 6.45) is 3.64. The average Bonchev–Trinajstić information content (AvgIpc) is 3.05. The van der Waals surface area contributed by atoms with Gasteiger partial charge in [0.2, 0.25) is 0 Å². The van der Waals surface area contributed by atoms with Crippen LogP contribution in [0.15, 0.2) is 24.5 Å². The molecule has 42 heavy (non-hydrogen) atoms. The number of aromatic nitrogens is 2. The topological polar surface area (TPSA) is 107 Å². The van der Waals surface area contributed by atoms with E-state index >= 15 is 0 Å². The monoisotopic (exact) mass is 581 g/mol. The third-order valence-corrected chi connectivity index (χ3v) is 7.47. The van der Waals surface area contributed by atoms with Crippen molar-refractivity contribution in [2.24, 2.45) is 0 Å². The summed E-state index contributed by atoms with van der Waals surface area (Å²) in [6.45, 7) is 17.0. The number of rotatable bonds is 2. The number of pyridine rings is 2. The molecule has 0 aromatic carbocycles. The molecule has 3 aliphatic rings. The summed E-state index contributed by atoms with van der Waals surface area (Å²) >= 11 is 0. The zero-order chi connectivity index (χ0) is 30.2. The molecule has 2 aromatic rings. The molecule has 1 unspecified atom stereocenters. The highest BCUT2D eigenvalue weighted by Gasteiger charge is 2.38. The van der Waals surface area contributed by atoms with Crippen LogP contribution in [0.25, 0.3) is 0 Å². The summed E-state index contributed by atoms with van der Waals surface area (Å²) in [5.74, 6) is 1.06. The Morgan fingerprint density at radius 3 is 2.19 bits per heavy atom. The number of ether oxygens (including phenoxy) is 4. The van der Waals surface area contributed by atoms with Crippen molar-refractivity contribution >= 4 is 29.4 Å². The Morgan fingerprint density at radius 2 is 1.55 bits per heavy atom. The number of piperidine rings is 1. The van der Waals surface area contributed by atoms with Gasteiger partial charge < -0.3 is 28.7 Å². The molecule has 0 bridgehead atoms. The van der Waals surface area contributed by atoms with E-state index in [-0.39, 0.29) is 12.0 Å². The van der Waals surface area contributed by atoms with Crippen LogP contribution in [0.4, 0.5) is 26.8 Å². The maximum Gasteiger partial charge on any atom is 0.420 e.